The number of rotatable bonds is 6. The molecule has 3 aromatic carbocycles. The normalized spacial score (nSPS) is 13.8. The molecule has 1 aliphatic rings. The highest BCUT2D eigenvalue weighted by atomic mass is 35.5. The van der Waals surface area contributed by atoms with Gasteiger partial charge in [-0.25, -0.2) is 4.90 Å². The standard InChI is InChI=1S/C25H20Cl2N2O2S/c1-3-28(17-7-5-4-6-8-17)22-23(32-19-12-9-16(2)10-13-19)25(31)29(24(22)30)18-11-14-20(26)21(27)15-18/h4-15H,3H2,1-2H3. The molecule has 4 rings (SSSR count). The summed E-state index contributed by atoms with van der Waals surface area (Å²) in [5.74, 6) is -0.781. The topological polar surface area (TPSA) is 40.6 Å². The van der Waals surface area contributed by atoms with E-state index in [4.69, 9.17) is 23.2 Å². The number of thioether (sulfide) groups is 1. The number of nitrogens with zero attached hydrogens (tertiary/aromatic N) is 2. The summed E-state index contributed by atoms with van der Waals surface area (Å²) in [4.78, 5) is 31.5. The summed E-state index contributed by atoms with van der Waals surface area (Å²) in [5.41, 5.74) is 2.69. The summed E-state index contributed by atoms with van der Waals surface area (Å²) in [7, 11) is 0. The van der Waals surface area contributed by atoms with Gasteiger partial charge in [0.25, 0.3) is 11.8 Å². The summed E-state index contributed by atoms with van der Waals surface area (Å²) in [6, 6.07) is 22.2. The molecule has 1 heterocycles. The lowest BCUT2D eigenvalue weighted by Crippen LogP contribution is -2.35. The van der Waals surface area contributed by atoms with Crippen LogP contribution in [0.1, 0.15) is 12.5 Å². The first-order chi connectivity index (χ1) is 15.4. The Morgan fingerprint density at radius 1 is 0.875 bits per heavy atom. The monoisotopic (exact) mass is 482 g/mol. The Morgan fingerprint density at radius 3 is 2.19 bits per heavy atom. The molecule has 0 aliphatic carbocycles. The summed E-state index contributed by atoms with van der Waals surface area (Å²) in [5, 5.41) is 0.637. The smallest absolute Gasteiger partial charge is 0.283 e. The number of aryl methyl sites for hydroxylation is 1. The van der Waals surface area contributed by atoms with Crippen LogP contribution in [0.5, 0.6) is 0 Å². The Balaban J connectivity index is 1.83. The Kier molecular flexibility index (Phi) is 6.60. The second kappa shape index (κ2) is 9.41. The number of hydrogen-bond acceptors (Lipinski definition) is 4. The number of para-hydroxylation sites is 1. The summed E-state index contributed by atoms with van der Waals surface area (Å²) < 4.78 is 0. The molecule has 32 heavy (non-hydrogen) atoms. The van der Waals surface area contributed by atoms with Gasteiger partial charge in [-0.3, -0.25) is 9.59 Å². The van der Waals surface area contributed by atoms with E-state index in [9.17, 15) is 9.59 Å². The lowest BCUT2D eigenvalue weighted by Gasteiger charge is -2.24. The largest absolute Gasteiger partial charge is 0.336 e. The minimum absolute atomic E-state index is 0.279. The highest BCUT2D eigenvalue weighted by molar-refractivity contribution is 8.04. The van der Waals surface area contributed by atoms with Crippen LogP contribution in [0.25, 0.3) is 0 Å². The van der Waals surface area contributed by atoms with Gasteiger partial charge < -0.3 is 4.90 Å². The van der Waals surface area contributed by atoms with Crippen molar-refractivity contribution in [2.24, 2.45) is 0 Å². The molecule has 0 saturated heterocycles. The third kappa shape index (κ3) is 4.29. The molecular formula is C25H20Cl2N2O2S. The van der Waals surface area contributed by atoms with Gasteiger partial charge in [0.05, 0.1) is 15.7 Å². The van der Waals surface area contributed by atoms with Crippen molar-refractivity contribution in [3.05, 3.63) is 99.0 Å². The number of benzene rings is 3. The zero-order valence-electron chi connectivity index (χ0n) is 17.5. The molecule has 0 atom stereocenters. The van der Waals surface area contributed by atoms with Crippen molar-refractivity contribution >= 4 is 58.2 Å². The molecule has 4 nitrogen and oxygen atoms in total. The first-order valence-corrected chi connectivity index (χ1v) is 11.6. The molecule has 0 bridgehead atoms. The van der Waals surface area contributed by atoms with E-state index in [1.807, 2.05) is 73.3 Å². The number of anilines is 2. The van der Waals surface area contributed by atoms with Gasteiger partial charge in [0.2, 0.25) is 0 Å². The summed E-state index contributed by atoms with van der Waals surface area (Å²) in [6.45, 7) is 4.48. The van der Waals surface area contributed by atoms with Gasteiger partial charge in [-0.05, 0) is 56.3 Å². The van der Waals surface area contributed by atoms with Gasteiger partial charge in [-0.15, -0.1) is 0 Å². The Bertz CT molecular complexity index is 1210. The number of carbonyl (C=O) groups excluding carboxylic acids is 2. The Labute approximate surface area is 201 Å². The maximum Gasteiger partial charge on any atom is 0.283 e. The zero-order valence-corrected chi connectivity index (χ0v) is 19.8. The first-order valence-electron chi connectivity index (χ1n) is 10.1. The second-order valence-corrected chi connectivity index (χ2v) is 9.11. The van der Waals surface area contributed by atoms with Gasteiger partial charge >= 0.3 is 0 Å². The molecule has 0 unspecified atom stereocenters. The molecule has 1 aliphatic heterocycles. The van der Waals surface area contributed by atoms with Crippen LogP contribution in [0.4, 0.5) is 11.4 Å². The lowest BCUT2D eigenvalue weighted by molar-refractivity contribution is -0.120. The van der Waals surface area contributed by atoms with Crippen molar-refractivity contribution in [1.29, 1.82) is 0 Å². The summed E-state index contributed by atoms with van der Waals surface area (Å²) >= 11 is 13.5. The quantitative estimate of drug-likeness (QED) is 0.366. The highest BCUT2D eigenvalue weighted by Crippen LogP contribution is 2.41. The average molecular weight is 483 g/mol. The van der Waals surface area contributed by atoms with E-state index < -0.39 is 5.91 Å². The fraction of sp³-hybridized carbons (Fsp3) is 0.120. The van der Waals surface area contributed by atoms with E-state index in [1.54, 1.807) is 12.1 Å². The first kappa shape index (κ1) is 22.5. The molecule has 0 N–H and O–H groups in total. The van der Waals surface area contributed by atoms with Crippen LogP contribution in [0.3, 0.4) is 0 Å². The molecular weight excluding hydrogens is 463 g/mol. The Hall–Kier alpha value is -2.73. The number of imide groups is 1. The third-order valence-electron chi connectivity index (χ3n) is 5.07. The minimum atomic E-state index is -0.395. The van der Waals surface area contributed by atoms with E-state index in [1.165, 1.54) is 22.7 Å². The van der Waals surface area contributed by atoms with E-state index >= 15 is 0 Å². The molecule has 7 heteroatoms. The van der Waals surface area contributed by atoms with Gasteiger partial charge in [0, 0.05) is 17.1 Å². The molecule has 0 aromatic heterocycles. The molecule has 3 aromatic rings. The SMILES string of the molecule is CCN(C1=C(Sc2ccc(C)cc2)C(=O)N(c2ccc(Cl)c(Cl)c2)C1=O)c1ccccc1. The maximum absolute atomic E-state index is 13.7. The third-order valence-corrected chi connectivity index (χ3v) is 6.89. The van der Waals surface area contributed by atoms with Crippen molar-refractivity contribution in [2.75, 3.05) is 16.3 Å². The predicted molar refractivity (Wildman–Crippen MR) is 132 cm³/mol. The van der Waals surface area contributed by atoms with Crippen molar-refractivity contribution in [2.45, 2.75) is 18.7 Å². The molecule has 162 valence electrons. The summed E-state index contributed by atoms with van der Waals surface area (Å²) in [6.07, 6.45) is 0. The van der Waals surface area contributed by atoms with Crippen molar-refractivity contribution in [3.63, 3.8) is 0 Å². The fourth-order valence-corrected chi connectivity index (χ4v) is 4.76. The van der Waals surface area contributed by atoms with Gasteiger partial charge in [0.15, 0.2) is 0 Å². The molecule has 0 saturated carbocycles. The van der Waals surface area contributed by atoms with E-state index in [-0.39, 0.29) is 10.9 Å². The number of hydrogen-bond donors (Lipinski definition) is 0. The number of amides is 2. The van der Waals surface area contributed by atoms with Crippen LogP contribution in [0.15, 0.2) is 88.3 Å². The fourth-order valence-electron chi connectivity index (χ4n) is 3.49. The van der Waals surface area contributed by atoms with Crippen LogP contribution in [0, 0.1) is 6.92 Å². The minimum Gasteiger partial charge on any atom is -0.336 e. The van der Waals surface area contributed by atoms with Crippen LogP contribution in [-0.4, -0.2) is 18.4 Å². The van der Waals surface area contributed by atoms with Gasteiger partial charge in [-0.1, -0.05) is 70.9 Å². The zero-order chi connectivity index (χ0) is 22.8. The number of halogens is 2. The lowest BCUT2D eigenvalue weighted by atomic mass is 10.2. The van der Waals surface area contributed by atoms with Crippen molar-refractivity contribution in [1.82, 2.24) is 0 Å². The average Bonchev–Trinajstić information content (AvgIpc) is 3.03. The van der Waals surface area contributed by atoms with E-state index in [2.05, 4.69) is 0 Å². The van der Waals surface area contributed by atoms with Crippen LogP contribution < -0.4 is 9.80 Å². The van der Waals surface area contributed by atoms with Crippen LogP contribution >= 0.6 is 35.0 Å². The maximum atomic E-state index is 13.7. The van der Waals surface area contributed by atoms with E-state index in [0.717, 1.165) is 16.1 Å². The van der Waals surface area contributed by atoms with Crippen molar-refractivity contribution in [3.8, 4) is 0 Å². The molecule has 0 spiro atoms. The molecule has 2 amide bonds. The predicted octanol–water partition coefficient (Wildman–Crippen LogP) is 6.71. The Morgan fingerprint density at radius 2 is 1.56 bits per heavy atom. The van der Waals surface area contributed by atoms with Gasteiger partial charge in [0.1, 0.15) is 10.6 Å². The van der Waals surface area contributed by atoms with E-state index in [0.29, 0.717) is 27.9 Å². The molecule has 0 fully saturated rings. The van der Waals surface area contributed by atoms with Gasteiger partial charge in [-0.2, -0.15) is 0 Å². The number of carbonyl (C=O) groups is 2. The molecule has 0 radical (unpaired) electrons. The van der Waals surface area contributed by atoms with Crippen LogP contribution in [0.2, 0.25) is 10.0 Å². The van der Waals surface area contributed by atoms with Crippen LogP contribution in [-0.2, 0) is 9.59 Å². The number of likely N-dealkylation sites (N-methyl/N-ethyl adjacent to an activating group) is 1. The highest BCUT2D eigenvalue weighted by Gasteiger charge is 2.42. The van der Waals surface area contributed by atoms with Crippen molar-refractivity contribution < 1.29 is 9.59 Å². The second-order valence-electron chi connectivity index (χ2n) is 7.22.